The van der Waals surface area contributed by atoms with E-state index in [4.69, 9.17) is 17.4 Å². The normalized spacial score (nSPS) is 13.8. The minimum Gasteiger partial charge on any atom is -0.271 e. The van der Waals surface area contributed by atoms with E-state index in [-0.39, 0.29) is 11.5 Å². The molecule has 0 aliphatic rings. The molecule has 0 aliphatic carbocycles. The van der Waals surface area contributed by atoms with E-state index in [9.17, 15) is 0 Å². The van der Waals surface area contributed by atoms with Crippen molar-refractivity contribution in [1.29, 1.82) is 0 Å². The Bertz CT molecular complexity index is 333. The summed E-state index contributed by atoms with van der Waals surface area (Å²) in [5.41, 5.74) is 3.90. The highest BCUT2D eigenvalue weighted by Gasteiger charge is 2.18. The smallest absolute Gasteiger partial charge is 0.0772 e. The highest BCUT2D eigenvalue weighted by molar-refractivity contribution is 6.31. The fourth-order valence-electron chi connectivity index (χ4n) is 1.53. The topological polar surface area (TPSA) is 50.9 Å². The van der Waals surface area contributed by atoms with Gasteiger partial charge in [0.2, 0.25) is 0 Å². The Morgan fingerprint density at radius 3 is 2.69 bits per heavy atom. The van der Waals surface area contributed by atoms with E-state index >= 15 is 0 Å². The van der Waals surface area contributed by atoms with Crippen molar-refractivity contribution in [3.8, 4) is 0 Å². The van der Waals surface area contributed by atoms with Gasteiger partial charge in [-0.15, -0.1) is 0 Å². The Kier molecular flexibility index (Phi) is 4.71. The minimum atomic E-state index is 0.0212. The standard InChI is InChI=1S/C12H20ClN3/c1-12(2,3)7-6-10(16-14)11-9(13)5-4-8-15-11/h4-5,8,10,16H,6-7,14H2,1-3H3. The van der Waals surface area contributed by atoms with Crippen LogP contribution >= 0.6 is 11.6 Å². The molecule has 1 rings (SSSR count). The van der Waals surface area contributed by atoms with Crippen LogP contribution in [0.4, 0.5) is 0 Å². The number of hydrogen-bond acceptors (Lipinski definition) is 3. The second-order valence-corrected chi connectivity index (χ2v) is 5.60. The summed E-state index contributed by atoms with van der Waals surface area (Å²) in [6, 6.07) is 3.68. The third kappa shape index (κ3) is 4.08. The summed E-state index contributed by atoms with van der Waals surface area (Å²) in [6.45, 7) is 6.63. The molecule has 0 amide bonds. The highest BCUT2D eigenvalue weighted by atomic mass is 35.5. The average Bonchev–Trinajstić information content (AvgIpc) is 2.20. The van der Waals surface area contributed by atoms with Gasteiger partial charge in [0.05, 0.1) is 16.8 Å². The van der Waals surface area contributed by atoms with Gasteiger partial charge < -0.3 is 0 Å². The number of halogens is 1. The fraction of sp³-hybridized carbons (Fsp3) is 0.583. The number of rotatable bonds is 4. The molecule has 3 nitrogen and oxygen atoms in total. The van der Waals surface area contributed by atoms with Crippen LogP contribution in [0.5, 0.6) is 0 Å². The molecule has 90 valence electrons. The Hall–Kier alpha value is -0.640. The van der Waals surface area contributed by atoms with Crippen LogP contribution in [0.15, 0.2) is 18.3 Å². The maximum absolute atomic E-state index is 6.09. The number of hydrogen-bond donors (Lipinski definition) is 2. The monoisotopic (exact) mass is 241 g/mol. The molecule has 0 spiro atoms. The number of nitrogens with two attached hydrogens (primary N) is 1. The van der Waals surface area contributed by atoms with Gasteiger partial charge in [-0.1, -0.05) is 32.4 Å². The van der Waals surface area contributed by atoms with Gasteiger partial charge in [-0.25, -0.2) is 0 Å². The van der Waals surface area contributed by atoms with Gasteiger partial charge in [-0.3, -0.25) is 16.3 Å². The number of nitrogens with zero attached hydrogens (tertiary/aromatic N) is 1. The van der Waals surface area contributed by atoms with Gasteiger partial charge in [0.25, 0.3) is 0 Å². The molecular formula is C12H20ClN3. The van der Waals surface area contributed by atoms with E-state index in [2.05, 4.69) is 31.2 Å². The highest BCUT2D eigenvalue weighted by Crippen LogP contribution is 2.28. The molecule has 1 aromatic rings. The first kappa shape index (κ1) is 13.4. The Morgan fingerprint density at radius 1 is 1.50 bits per heavy atom. The summed E-state index contributed by atoms with van der Waals surface area (Å²) in [6.07, 6.45) is 3.73. The lowest BCUT2D eigenvalue weighted by Gasteiger charge is -2.22. The first-order valence-electron chi connectivity index (χ1n) is 5.50. The van der Waals surface area contributed by atoms with Crippen molar-refractivity contribution in [3.05, 3.63) is 29.0 Å². The van der Waals surface area contributed by atoms with Crippen LogP contribution in [-0.4, -0.2) is 4.98 Å². The zero-order valence-corrected chi connectivity index (χ0v) is 10.9. The summed E-state index contributed by atoms with van der Waals surface area (Å²) in [5, 5.41) is 0.666. The van der Waals surface area contributed by atoms with Crippen LogP contribution in [-0.2, 0) is 0 Å². The maximum Gasteiger partial charge on any atom is 0.0772 e. The first-order chi connectivity index (χ1) is 7.44. The van der Waals surface area contributed by atoms with Crippen LogP contribution < -0.4 is 11.3 Å². The lowest BCUT2D eigenvalue weighted by molar-refractivity contribution is 0.331. The van der Waals surface area contributed by atoms with Gasteiger partial charge in [0.1, 0.15) is 0 Å². The van der Waals surface area contributed by atoms with Crippen molar-refractivity contribution < 1.29 is 0 Å². The van der Waals surface area contributed by atoms with E-state index in [1.54, 1.807) is 6.20 Å². The predicted octanol–water partition coefficient (Wildman–Crippen LogP) is 3.07. The SMILES string of the molecule is CC(C)(C)CCC(NN)c1ncccc1Cl. The molecule has 0 saturated carbocycles. The van der Waals surface area contributed by atoms with Crippen LogP contribution in [0.1, 0.15) is 45.3 Å². The van der Waals surface area contributed by atoms with Gasteiger partial charge >= 0.3 is 0 Å². The molecule has 0 radical (unpaired) electrons. The molecule has 16 heavy (non-hydrogen) atoms. The number of nitrogens with one attached hydrogen (secondary N) is 1. The van der Waals surface area contributed by atoms with Crippen LogP contribution in [0.3, 0.4) is 0 Å². The van der Waals surface area contributed by atoms with Crippen molar-refractivity contribution >= 4 is 11.6 Å². The van der Waals surface area contributed by atoms with E-state index < -0.39 is 0 Å². The lowest BCUT2D eigenvalue weighted by atomic mass is 9.88. The van der Waals surface area contributed by atoms with E-state index in [1.165, 1.54) is 0 Å². The quantitative estimate of drug-likeness (QED) is 0.629. The van der Waals surface area contributed by atoms with Crippen molar-refractivity contribution in [2.45, 2.75) is 39.7 Å². The van der Waals surface area contributed by atoms with Crippen LogP contribution in [0, 0.1) is 5.41 Å². The molecule has 0 aromatic carbocycles. The van der Waals surface area contributed by atoms with Gasteiger partial charge in [0.15, 0.2) is 0 Å². The second-order valence-electron chi connectivity index (χ2n) is 5.19. The van der Waals surface area contributed by atoms with Crippen molar-refractivity contribution in [2.75, 3.05) is 0 Å². The maximum atomic E-state index is 6.09. The largest absolute Gasteiger partial charge is 0.271 e. The number of hydrazine groups is 1. The molecule has 0 fully saturated rings. The molecule has 0 saturated heterocycles. The Labute approximate surface area is 102 Å². The fourth-order valence-corrected chi connectivity index (χ4v) is 1.78. The molecule has 1 aromatic heterocycles. The van der Waals surface area contributed by atoms with Crippen LogP contribution in [0.2, 0.25) is 5.02 Å². The molecular weight excluding hydrogens is 222 g/mol. The second kappa shape index (κ2) is 5.62. The van der Waals surface area contributed by atoms with Crippen molar-refractivity contribution in [3.63, 3.8) is 0 Å². The molecule has 3 N–H and O–H groups in total. The third-order valence-electron chi connectivity index (χ3n) is 2.50. The van der Waals surface area contributed by atoms with Crippen molar-refractivity contribution in [2.24, 2.45) is 11.3 Å². The van der Waals surface area contributed by atoms with Gasteiger partial charge in [-0.05, 0) is 30.4 Å². The molecule has 0 bridgehead atoms. The first-order valence-corrected chi connectivity index (χ1v) is 5.88. The molecule has 1 atom stereocenters. The van der Waals surface area contributed by atoms with Gasteiger partial charge in [-0.2, -0.15) is 0 Å². The van der Waals surface area contributed by atoms with Gasteiger partial charge in [0, 0.05) is 6.20 Å². The number of pyridine rings is 1. The minimum absolute atomic E-state index is 0.0212. The summed E-state index contributed by atoms with van der Waals surface area (Å²) >= 11 is 6.09. The molecule has 1 heterocycles. The lowest BCUT2D eigenvalue weighted by Crippen LogP contribution is -2.29. The van der Waals surface area contributed by atoms with E-state index in [0.717, 1.165) is 18.5 Å². The van der Waals surface area contributed by atoms with E-state index in [1.807, 2.05) is 12.1 Å². The molecule has 1 unspecified atom stereocenters. The summed E-state index contributed by atoms with van der Waals surface area (Å²) in [5.74, 6) is 5.55. The van der Waals surface area contributed by atoms with Crippen molar-refractivity contribution in [1.82, 2.24) is 10.4 Å². The zero-order chi connectivity index (χ0) is 12.2. The Balaban J connectivity index is 2.72. The van der Waals surface area contributed by atoms with Crippen LogP contribution in [0.25, 0.3) is 0 Å². The Morgan fingerprint density at radius 2 is 2.19 bits per heavy atom. The summed E-state index contributed by atoms with van der Waals surface area (Å²) in [4.78, 5) is 4.28. The molecule has 4 heteroatoms. The summed E-state index contributed by atoms with van der Waals surface area (Å²) in [7, 11) is 0. The third-order valence-corrected chi connectivity index (χ3v) is 2.82. The zero-order valence-electron chi connectivity index (χ0n) is 10.1. The number of aromatic nitrogens is 1. The van der Waals surface area contributed by atoms with E-state index in [0.29, 0.717) is 5.02 Å². The molecule has 0 aliphatic heterocycles. The predicted molar refractivity (Wildman–Crippen MR) is 68.0 cm³/mol. The summed E-state index contributed by atoms with van der Waals surface area (Å²) < 4.78 is 0. The average molecular weight is 242 g/mol.